The third-order valence-corrected chi connectivity index (χ3v) is 5.14. The summed E-state index contributed by atoms with van der Waals surface area (Å²) in [5, 5.41) is 7.83. The molecule has 1 saturated carbocycles. The molecule has 1 fully saturated rings. The molecule has 1 amide bonds. The molecule has 0 bridgehead atoms. The van der Waals surface area contributed by atoms with Gasteiger partial charge < -0.3 is 10.2 Å². The Bertz CT molecular complexity index is 607. The molecule has 4 N–H and O–H groups in total. The normalized spacial score (nSPS) is 17.9. The molecular formula is C15H24N3O3S+. The Morgan fingerprint density at radius 2 is 1.82 bits per heavy atom. The van der Waals surface area contributed by atoms with Crippen LogP contribution in [0, 0.1) is 0 Å². The van der Waals surface area contributed by atoms with Gasteiger partial charge in [-0.15, -0.1) is 0 Å². The van der Waals surface area contributed by atoms with Gasteiger partial charge in [0.2, 0.25) is 10.0 Å². The number of nitrogens with two attached hydrogens (primary N) is 1. The van der Waals surface area contributed by atoms with Crippen LogP contribution in [0.4, 0.5) is 5.69 Å². The first-order valence-electron chi connectivity index (χ1n) is 7.61. The number of hydrogen-bond acceptors (Lipinski definition) is 3. The summed E-state index contributed by atoms with van der Waals surface area (Å²) < 4.78 is 22.3. The fourth-order valence-corrected chi connectivity index (χ4v) is 3.44. The van der Waals surface area contributed by atoms with Crippen molar-refractivity contribution in [1.82, 2.24) is 0 Å². The van der Waals surface area contributed by atoms with Crippen LogP contribution in [0.1, 0.15) is 32.1 Å². The maximum absolute atomic E-state index is 12.1. The molecule has 0 heterocycles. The van der Waals surface area contributed by atoms with Crippen LogP contribution in [0.15, 0.2) is 29.2 Å². The van der Waals surface area contributed by atoms with Crippen LogP contribution in [-0.4, -0.2) is 34.0 Å². The molecule has 1 atom stereocenters. The maximum Gasteiger partial charge on any atom is 0.279 e. The van der Waals surface area contributed by atoms with Crippen LogP contribution in [-0.2, 0) is 14.8 Å². The smallest absolute Gasteiger partial charge is 0.279 e. The van der Waals surface area contributed by atoms with E-state index in [0.29, 0.717) is 18.3 Å². The average molecular weight is 326 g/mol. The second-order valence-corrected chi connectivity index (χ2v) is 7.54. The molecule has 0 aliphatic heterocycles. The van der Waals surface area contributed by atoms with Gasteiger partial charge in [0.15, 0.2) is 6.54 Å². The maximum atomic E-state index is 12.1. The van der Waals surface area contributed by atoms with Gasteiger partial charge in [0.25, 0.3) is 5.91 Å². The van der Waals surface area contributed by atoms with E-state index in [4.69, 9.17) is 5.14 Å². The van der Waals surface area contributed by atoms with Crippen LogP contribution < -0.4 is 15.4 Å². The van der Waals surface area contributed by atoms with Gasteiger partial charge in [0.05, 0.1) is 18.0 Å². The highest BCUT2D eigenvalue weighted by molar-refractivity contribution is 7.89. The second kappa shape index (κ2) is 7.21. The van der Waals surface area contributed by atoms with E-state index in [0.717, 1.165) is 0 Å². The molecule has 0 saturated heterocycles. The number of primary sulfonamides is 1. The molecule has 0 aromatic heterocycles. The first-order valence-corrected chi connectivity index (χ1v) is 9.16. The summed E-state index contributed by atoms with van der Waals surface area (Å²) in [5.41, 5.74) is 0.578. The molecule has 1 aliphatic carbocycles. The van der Waals surface area contributed by atoms with Crippen molar-refractivity contribution in [3.05, 3.63) is 24.3 Å². The zero-order valence-electron chi connectivity index (χ0n) is 12.8. The minimum atomic E-state index is -3.70. The summed E-state index contributed by atoms with van der Waals surface area (Å²) in [7, 11) is -1.64. The minimum Gasteiger partial charge on any atom is -0.327 e. The lowest BCUT2D eigenvalue weighted by atomic mass is 9.94. The number of carbonyl (C=O) groups is 1. The monoisotopic (exact) mass is 326 g/mol. The van der Waals surface area contributed by atoms with Gasteiger partial charge >= 0.3 is 0 Å². The number of nitrogens with one attached hydrogen (secondary N) is 2. The quantitative estimate of drug-likeness (QED) is 0.717. The largest absolute Gasteiger partial charge is 0.327 e. The molecule has 1 aromatic rings. The lowest BCUT2D eigenvalue weighted by Crippen LogP contribution is -3.14. The van der Waals surface area contributed by atoms with Crippen LogP contribution in [0.2, 0.25) is 0 Å². The number of rotatable bonds is 5. The summed E-state index contributed by atoms with van der Waals surface area (Å²) in [6, 6.07) is 6.44. The summed E-state index contributed by atoms with van der Waals surface area (Å²) >= 11 is 0. The number of sulfonamides is 1. The molecule has 2 rings (SSSR count). The predicted octanol–water partition coefficient (Wildman–Crippen LogP) is 0.120. The molecule has 6 nitrogen and oxygen atoms in total. The van der Waals surface area contributed by atoms with E-state index in [1.165, 1.54) is 49.1 Å². The van der Waals surface area contributed by atoms with E-state index in [-0.39, 0.29) is 10.8 Å². The molecule has 122 valence electrons. The third-order valence-electron chi connectivity index (χ3n) is 4.21. The van der Waals surface area contributed by atoms with E-state index >= 15 is 0 Å². The Balaban J connectivity index is 1.88. The molecule has 1 unspecified atom stereocenters. The highest BCUT2D eigenvalue weighted by Gasteiger charge is 2.23. The molecule has 1 aromatic carbocycles. The standard InChI is InChI=1S/C15H23N3O3S/c1-18(13-5-3-2-4-6-13)11-15(19)17-12-7-9-14(10-8-12)22(16,20)21/h7-10,13H,2-6,11H2,1H3,(H,17,19)(H2,16,20,21)/p+1. The summed E-state index contributed by atoms with van der Waals surface area (Å²) in [5.74, 6) is -0.0635. The first kappa shape index (κ1) is 16.9. The first-order chi connectivity index (χ1) is 10.4. The number of carbonyl (C=O) groups excluding carboxylic acids is 1. The summed E-state index contributed by atoms with van der Waals surface area (Å²) in [6.45, 7) is 0.418. The van der Waals surface area contributed by atoms with E-state index in [9.17, 15) is 13.2 Å². The van der Waals surface area contributed by atoms with Crippen molar-refractivity contribution in [1.29, 1.82) is 0 Å². The lowest BCUT2D eigenvalue weighted by Gasteiger charge is -2.27. The highest BCUT2D eigenvalue weighted by atomic mass is 32.2. The van der Waals surface area contributed by atoms with E-state index in [2.05, 4.69) is 12.4 Å². The number of hydrogen-bond donors (Lipinski definition) is 3. The molecule has 7 heteroatoms. The van der Waals surface area contributed by atoms with E-state index < -0.39 is 10.0 Å². The third kappa shape index (κ3) is 4.79. The molecule has 22 heavy (non-hydrogen) atoms. The van der Waals surface area contributed by atoms with Crippen molar-refractivity contribution >= 4 is 21.6 Å². The zero-order valence-corrected chi connectivity index (χ0v) is 13.7. The molecular weight excluding hydrogens is 302 g/mol. The van der Waals surface area contributed by atoms with Gasteiger partial charge in [0.1, 0.15) is 0 Å². The van der Waals surface area contributed by atoms with Gasteiger partial charge in [0, 0.05) is 5.69 Å². The van der Waals surface area contributed by atoms with Crippen LogP contribution in [0.25, 0.3) is 0 Å². The number of benzene rings is 1. The molecule has 0 radical (unpaired) electrons. The van der Waals surface area contributed by atoms with E-state index in [1.54, 1.807) is 12.1 Å². The highest BCUT2D eigenvalue weighted by Crippen LogP contribution is 2.15. The molecule has 0 spiro atoms. The Hall–Kier alpha value is -1.44. The SMILES string of the molecule is C[NH+](CC(=O)Nc1ccc(S(N)(=O)=O)cc1)C1CCCCC1. The number of likely N-dealkylation sites (N-methyl/N-ethyl adjacent to an activating group) is 1. The van der Waals surface area contributed by atoms with Crippen LogP contribution in [0.3, 0.4) is 0 Å². The summed E-state index contributed by atoms with van der Waals surface area (Å²) in [4.78, 5) is 13.3. The predicted molar refractivity (Wildman–Crippen MR) is 85.1 cm³/mol. The van der Waals surface area contributed by atoms with Crippen LogP contribution >= 0.6 is 0 Å². The second-order valence-electron chi connectivity index (χ2n) is 5.98. The minimum absolute atomic E-state index is 0.0375. The lowest BCUT2D eigenvalue weighted by molar-refractivity contribution is -0.899. The Morgan fingerprint density at radius 3 is 2.36 bits per heavy atom. The van der Waals surface area contributed by atoms with E-state index in [1.807, 2.05) is 0 Å². The fourth-order valence-electron chi connectivity index (χ4n) is 2.93. The Labute approximate surface area is 131 Å². The summed E-state index contributed by atoms with van der Waals surface area (Å²) in [6.07, 6.45) is 6.16. The van der Waals surface area contributed by atoms with Gasteiger partial charge in [-0.25, -0.2) is 13.6 Å². The van der Waals surface area contributed by atoms with Gasteiger partial charge in [-0.2, -0.15) is 0 Å². The number of amides is 1. The van der Waals surface area contributed by atoms with Crippen molar-refractivity contribution in [3.8, 4) is 0 Å². The van der Waals surface area contributed by atoms with Gasteiger partial charge in [-0.05, 0) is 49.9 Å². The number of quaternary nitrogens is 1. The van der Waals surface area contributed by atoms with Crippen molar-refractivity contribution in [2.24, 2.45) is 5.14 Å². The van der Waals surface area contributed by atoms with Crippen molar-refractivity contribution in [2.75, 3.05) is 18.9 Å². The number of anilines is 1. The van der Waals surface area contributed by atoms with Crippen molar-refractivity contribution in [3.63, 3.8) is 0 Å². The molecule has 1 aliphatic rings. The van der Waals surface area contributed by atoms with Gasteiger partial charge in [-0.3, -0.25) is 4.79 Å². The topological polar surface area (TPSA) is 93.7 Å². The van der Waals surface area contributed by atoms with Gasteiger partial charge in [-0.1, -0.05) is 6.42 Å². The van der Waals surface area contributed by atoms with Crippen LogP contribution in [0.5, 0.6) is 0 Å². The zero-order chi connectivity index (χ0) is 16.2. The average Bonchev–Trinajstić information content (AvgIpc) is 2.47. The Kier molecular flexibility index (Phi) is 5.55. The van der Waals surface area contributed by atoms with Crippen molar-refractivity contribution in [2.45, 2.75) is 43.0 Å². The van der Waals surface area contributed by atoms with Crippen molar-refractivity contribution < 1.29 is 18.1 Å². The Morgan fingerprint density at radius 1 is 1.23 bits per heavy atom. The fraction of sp³-hybridized carbons (Fsp3) is 0.533.